The van der Waals surface area contributed by atoms with Crippen molar-refractivity contribution in [1.82, 2.24) is 4.90 Å². The van der Waals surface area contributed by atoms with Crippen LogP contribution in [-0.4, -0.2) is 36.2 Å². The molecule has 1 aliphatic rings. The zero-order chi connectivity index (χ0) is 20.3. The molecule has 2 aromatic rings. The van der Waals surface area contributed by atoms with Gasteiger partial charge >= 0.3 is 0 Å². The molecule has 0 aliphatic heterocycles. The van der Waals surface area contributed by atoms with Gasteiger partial charge in [0.1, 0.15) is 5.82 Å². The van der Waals surface area contributed by atoms with Crippen LogP contribution in [0.1, 0.15) is 36.0 Å². The van der Waals surface area contributed by atoms with Gasteiger partial charge in [0.15, 0.2) is 0 Å². The van der Waals surface area contributed by atoms with E-state index in [2.05, 4.69) is 42.2 Å². The first kappa shape index (κ1) is 21.0. The Morgan fingerprint density at radius 2 is 1.93 bits per heavy atom. The molecular weight excluding hydrogens is 373 g/mol. The molecule has 150 valence electrons. The summed E-state index contributed by atoms with van der Waals surface area (Å²) in [5, 5.41) is 12.3. The summed E-state index contributed by atoms with van der Waals surface area (Å²) in [5.74, 6) is -0.339. The molecule has 28 heavy (non-hydrogen) atoms. The molecule has 2 nitrogen and oxygen atoms in total. The minimum absolute atomic E-state index is 0.0172. The van der Waals surface area contributed by atoms with Crippen LogP contribution < -0.4 is 0 Å². The van der Waals surface area contributed by atoms with Gasteiger partial charge < -0.3 is 10.0 Å². The molecule has 4 heteroatoms. The second kappa shape index (κ2) is 8.77. The lowest BCUT2D eigenvalue weighted by atomic mass is 9.68. The van der Waals surface area contributed by atoms with Gasteiger partial charge in [-0.15, -0.1) is 0 Å². The zero-order valence-corrected chi connectivity index (χ0v) is 17.6. The number of aryl methyl sites for hydroxylation is 1. The van der Waals surface area contributed by atoms with Gasteiger partial charge in [0.25, 0.3) is 0 Å². The van der Waals surface area contributed by atoms with Crippen LogP contribution in [0, 0.1) is 18.7 Å². The maximum Gasteiger partial charge on any atom is 0.128 e. The van der Waals surface area contributed by atoms with E-state index in [4.69, 9.17) is 11.6 Å². The third-order valence-electron chi connectivity index (χ3n) is 5.74. The molecule has 2 atom stereocenters. The first-order valence-electron chi connectivity index (χ1n) is 9.87. The lowest BCUT2D eigenvalue weighted by molar-refractivity contribution is -0.0128. The Morgan fingerprint density at radius 3 is 2.57 bits per heavy atom. The maximum atomic E-state index is 14.5. The topological polar surface area (TPSA) is 23.5 Å². The van der Waals surface area contributed by atoms with Crippen molar-refractivity contribution in [3.8, 4) is 0 Å². The van der Waals surface area contributed by atoms with Crippen LogP contribution >= 0.6 is 11.6 Å². The van der Waals surface area contributed by atoms with Gasteiger partial charge in [0, 0.05) is 29.5 Å². The van der Waals surface area contributed by atoms with E-state index in [1.54, 1.807) is 12.1 Å². The van der Waals surface area contributed by atoms with Crippen molar-refractivity contribution in [2.45, 2.75) is 38.2 Å². The van der Waals surface area contributed by atoms with Crippen LogP contribution in [0.3, 0.4) is 0 Å². The molecule has 0 aromatic heterocycles. The molecule has 2 unspecified atom stereocenters. The van der Waals surface area contributed by atoms with Gasteiger partial charge in [-0.2, -0.15) is 0 Å². The summed E-state index contributed by atoms with van der Waals surface area (Å²) in [5.41, 5.74) is 2.49. The second-order valence-electron chi connectivity index (χ2n) is 8.23. The van der Waals surface area contributed by atoms with Crippen molar-refractivity contribution >= 4 is 17.7 Å². The number of aliphatic hydroxyl groups is 1. The summed E-state index contributed by atoms with van der Waals surface area (Å²) >= 11 is 6.31. The van der Waals surface area contributed by atoms with E-state index >= 15 is 0 Å². The predicted molar refractivity (Wildman–Crippen MR) is 115 cm³/mol. The molecule has 0 amide bonds. The van der Waals surface area contributed by atoms with Crippen molar-refractivity contribution < 1.29 is 9.50 Å². The van der Waals surface area contributed by atoms with Crippen molar-refractivity contribution in [1.29, 1.82) is 0 Å². The molecule has 0 heterocycles. The first-order valence-corrected chi connectivity index (χ1v) is 10.2. The average Bonchev–Trinajstić information content (AvgIpc) is 2.63. The van der Waals surface area contributed by atoms with Crippen LogP contribution in [0.5, 0.6) is 0 Å². The Morgan fingerprint density at radius 1 is 1.21 bits per heavy atom. The number of hydrogen-bond donors (Lipinski definition) is 1. The summed E-state index contributed by atoms with van der Waals surface area (Å²) in [6.45, 7) is 2.80. The number of halogens is 2. The van der Waals surface area contributed by atoms with E-state index in [0.29, 0.717) is 10.6 Å². The smallest absolute Gasteiger partial charge is 0.128 e. The van der Waals surface area contributed by atoms with Gasteiger partial charge in [0.05, 0.1) is 5.60 Å². The normalized spacial score (nSPS) is 24.1. The molecule has 0 spiro atoms. The van der Waals surface area contributed by atoms with Gasteiger partial charge in [-0.25, -0.2) is 4.39 Å². The fourth-order valence-corrected chi connectivity index (χ4v) is 4.46. The molecule has 0 saturated heterocycles. The average molecular weight is 402 g/mol. The molecule has 0 radical (unpaired) electrons. The SMILES string of the molecule is Cc1ccc(C=C2CCCC(CN(C)C)C2(O)Cc2c(F)cccc2Cl)cc1. The number of hydrogen-bond acceptors (Lipinski definition) is 2. The van der Waals surface area contributed by atoms with Crippen LogP contribution in [0.4, 0.5) is 4.39 Å². The lowest BCUT2D eigenvalue weighted by Gasteiger charge is -2.44. The summed E-state index contributed by atoms with van der Waals surface area (Å²) in [4.78, 5) is 2.09. The minimum Gasteiger partial charge on any atom is -0.385 e. The van der Waals surface area contributed by atoms with Crippen LogP contribution in [0.2, 0.25) is 5.02 Å². The molecule has 3 rings (SSSR count). The van der Waals surface area contributed by atoms with E-state index in [-0.39, 0.29) is 18.2 Å². The Kier molecular flexibility index (Phi) is 6.59. The molecule has 1 saturated carbocycles. The quantitative estimate of drug-likeness (QED) is 0.714. The third-order valence-corrected chi connectivity index (χ3v) is 6.10. The fourth-order valence-electron chi connectivity index (χ4n) is 4.23. The van der Waals surface area contributed by atoms with E-state index < -0.39 is 5.60 Å². The zero-order valence-electron chi connectivity index (χ0n) is 16.9. The van der Waals surface area contributed by atoms with Crippen molar-refractivity contribution in [2.75, 3.05) is 20.6 Å². The fraction of sp³-hybridized carbons (Fsp3) is 0.417. The molecule has 1 fully saturated rings. The van der Waals surface area contributed by atoms with Gasteiger partial charge in [-0.3, -0.25) is 0 Å². The maximum absolute atomic E-state index is 14.5. The molecule has 1 N–H and O–H groups in total. The van der Waals surface area contributed by atoms with Gasteiger partial charge in [0.2, 0.25) is 0 Å². The highest BCUT2D eigenvalue weighted by atomic mass is 35.5. The number of benzene rings is 2. The van der Waals surface area contributed by atoms with Crippen LogP contribution in [-0.2, 0) is 6.42 Å². The van der Waals surface area contributed by atoms with Crippen molar-refractivity contribution in [3.63, 3.8) is 0 Å². The monoisotopic (exact) mass is 401 g/mol. The first-order chi connectivity index (χ1) is 13.3. The van der Waals surface area contributed by atoms with E-state index in [0.717, 1.165) is 36.9 Å². The van der Waals surface area contributed by atoms with Crippen molar-refractivity contribution in [3.05, 3.63) is 75.6 Å². The Bertz CT molecular complexity index is 826. The van der Waals surface area contributed by atoms with E-state index in [1.807, 2.05) is 14.1 Å². The standard InChI is InChI=1S/C24H29ClFNO/c1-17-10-12-18(13-11-17)14-19-6-4-7-20(16-27(2)3)24(19,28)15-21-22(25)8-5-9-23(21)26/h5,8-14,20,28H,4,6-7,15-16H2,1-3H3. The molecule has 2 aromatic carbocycles. The summed E-state index contributed by atoms with van der Waals surface area (Å²) in [6, 6.07) is 13.0. The largest absolute Gasteiger partial charge is 0.385 e. The van der Waals surface area contributed by atoms with E-state index in [1.165, 1.54) is 11.6 Å². The number of rotatable bonds is 5. The highest BCUT2D eigenvalue weighted by Crippen LogP contribution is 2.43. The van der Waals surface area contributed by atoms with Crippen LogP contribution in [0.15, 0.2) is 48.0 Å². The lowest BCUT2D eigenvalue weighted by Crippen LogP contribution is -2.48. The van der Waals surface area contributed by atoms with Gasteiger partial charge in [-0.1, -0.05) is 53.6 Å². The highest BCUT2D eigenvalue weighted by Gasteiger charge is 2.43. The Balaban J connectivity index is 2.04. The Hall–Kier alpha value is -1.68. The summed E-state index contributed by atoms with van der Waals surface area (Å²) in [7, 11) is 4.02. The predicted octanol–water partition coefficient (Wildman–Crippen LogP) is 5.51. The van der Waals surface area contributed by atoms with Crippen molar-refractivity contribution in [2.24, 2.45) is 5.92 Å². The number of nitrogens with zero attached hydrogens (tertiary/aromatic N) is 1. The molecular formula is C24H29ClFNO. The van der Waals surface area contributed by atoms with E-state index in [9.17, 15) is 9.50 Å². The van der Waals surface area contributed by atoms with Gasteiger partial charge in [-0.05, 0) is 63.6 Å². The molecule has 0 bridgehead atoms. The minimum atomic E-state index is -1.13. The Labute approximate surface area is 172 Å². The molecule has 1 aliphatic carbocycles. The second-order valence-corrected chi connectivity index (χ2v) is 8.64. The highest BCUT2D eigenvalue weighted by molar-refractivity contribution is 6.31. The summed E-state index contributed by atoms with van der Waals surface area (Å²) < 4.78 is 14.5. The third kappa shape index (κ3) is 4.65. The summed E-state index contributed by atoms with van der Waals surface area (Å²) in [6.07, 6.45) is 5.00. The van der Waals surface area contributed by atoms with Crippen LogP contribution in [0.25, 0.3) is 6.08 Å².